The number of hydrogen-bond acceptors (Lipinski definition) is 3. The van der Waals surface area contributed by atoms with Gasteiger partial charge < -0.3 is 15.0 Å². The highest BCUT2D eigenvalue weighted by molar-refractivity contribution is 5.68. The lowest BCUT2D eigenvalue weighted by Gasteiger charge is -2.33. The fourth-order valence-corrected chi connectivity index (χ4v) is 2.54. The minimum atomic E-state index is -0.852. The number of rotatable bonds is 3. The molecule has 1 aromatic carbocycles. The van der Waals surface area contributed by atoms with E-state index in [0.29, 0.717) is 25.6 Å². The lowest BCUT2D eigenvalue weighted by molar-refractivity contribution is 0.0188. The summed E-state index contributed by atoms with van der Waals surface area (Å²) in [6, 6.07) is 4.10. The number of hydrogen-bond donors (Lipinski definition) is 1. The summed E-state index contributed by atoms with van der Waals surface area (Å²) in [5.74, 6) is -1.38. The van der Waals surface area contributed by atoms with E-state index in [9.17, 15) is 13.6 Å². The van der Waals surface area contributed by atoms with E-state index < -0.39 is 17.2 Å². The standard InChI is InChI=1S/C17H24F2N2O2/c1-17(2,3)23-16(22)21-9-7-12(8-10-21)11-20-14-6-4-5-13(18)15(14)19/h4-6,12,20H,7-11H2,1-3H3. The number of nitrogens with zero attached hydrogens (tertiary/aromatic N) is 1. The van der Waals surface area contributed by atoms with Crippen LogP contribution in [0.4, 0.5) is 19.3 Å². The van der Waals surface area contributed by atoms with E-state index in [1.54, 1.807) is 4.90 Å². The van der Waals surface area contributed by atoms with E-state index in [0.717, 1.165) is 18.9 Å². The van der Waals surface area contributed by atoms with Gasteiger partial charge in [-0.1, -0.05) is 6.07 Å². The Morgan fingerprint density at radius 1 is 1.30 bits per heavy atom. The van der Waals surface area contributed by atoms with Gasteiger partial charge in [-0.15, -0.1) is 0 Å². The molecule has 1 fully saturated rings. The summed E-state index contributed by atoms with van der Waals surface area (Å²) < 4.78 is 32.1. The molecule has 0 unspecified atom stereocenters. The first-order chi connectivity index (χ1) is 10.8. The van der Waals surface area contributed by atoms with Crippen LogP contribution < -0.4 is 5.32 Å². The van der Waals surface area contributed by atoms with Crippen LogP contribution in [0.25, 0.3) is 0 Å². The van der Waals surface area contributed by atoms with Crippen LogP contribution in [-0.4, -0.2) is 36.2 Å². The van der Waals surface area contributed by atoms with E-state index >= 15 is 0 Å². The van der Waals surface area contributed by atoms with Crippen LogP contribution >= 0.6 is 0 Å². The normalized spacial score (nSPS) is 16.3. The Morgan fingerprint density at radius 2 is 1.96 bits per heavy atom. The molecule has 0 aromatic heterocycles. The molecular formula is C17H24F2N2O2. The van der Waals surface area contributed by atoms with E-state index in [1.807, 2.05) is 20.8 Å². The third-order valence-corrected chi connectivity index (χ3v) is 3.80. The lowest BCUT2D eigenvalue weighted by Crippen LogP contribution is -2.42. The number of anilines is 1. The van der Waals surface area contributed by atoms with Gasteiger partial charge in [-0.3, -0.25) is 0 Å². The van der Waals surface area contributed by atoms with Crippen LogP contribution in [0.15, 0.2) is 18.2 Å². The van der Waals surface area contributed by atoms with Gasteiger partial charge in [-0.2, -0.15) is 0 Å². The first-order valence-electron chi connectivity index (χ1n) is 7.92. The van der Waals surface area contributed by atoms with Crippen LogP contribution in [0.1, 0.15) is 33.6 Å². The topological polar surface area (TPSA) is 41.6 Å². The van der Waals surface area contributed by atoms with Crippen molar-refractivity contribution in [3.8, 4) is 0 Å². The first-order valence-corrected chi connectivity index (χ1v) is 7.92. The summed E-state index contributed by atoms with van der Waals surface area (Å²) in [4.78, 5) is 13.7. The van der Waals surface area contributed by atoms with Crippen molar-refractivity contribution in [2.45, 2.75) is 39.2 Å². The van der Waals surface area contributed by atoms with Crippen molar-refractivity contribution in [3.05, 3.63) is 29.8 Å². The molecule has 0 atom stereocenters. The van der Waals surface area contributed by atoms with E-state index in [-0.39, 0.29) is 11.8 Å². The third kappa shape index (κ3) is 5.08. The molecule has 1 aliphatic heterocycles. The molecule has 0 saturated carbocycles. The Balaban J connectivity index is 1.79. The molecule has 1 amide bonds. The summed E-state index contributed by atoms with van der Waals surface area (Å²) in [6.07, 6.45) is 1.33. The minimum Gasteiger partial charge on any atom is -0.444 e. The summed E-state index contributed by atoms with van der Waals surface area (Å²) >= 11 is 0. The number of halogens is 2. The number of carbonyl (C=O) groups is 1. The van der Waals surface area contributed by atoms with Crippen LogP contribution in [0.3, 0.4) is 0 Å². The van der Waals surface area contributed by atoms with Gasteiger partial charge in [-0.25, -0.2) is 13.6 Å². The Hall–Kier alpha value is -1.85. The largest absolute Gasteiger partial charge is 0.444 e. The van der Waals surface area contributed by atoms with E-state index in [1.165, 1.54) is 12.1 Å². The highest BCUT2D eigenvalue weighted by atomic mass is 19.2. The maximum Gasteiger partial charge on any atom is 0.410 e. The predicted octanol–water partition coefficient (Wildman–Crippen LogP) is 4.02. The molecule has 0 aliphatic carbocycles. The molecule has 6 heteroatoms. The Kier molecular flexibility index (Phi) is 5.44. The van der Waals surface area contributed by atoms with Crippen molar-refractivity contribution in [3.63, 3.8) is 0 Å². The monoisotopic (exact) mass is 326 g/mol. The Morgan fingerprint density at radius 3 is 2.57 bits per heavy atom. The number of ether oxygens (including phenoxy) is 1. The highest BCUT2D eigenvalue weighted by Gasteiger charge is 2.26. The second-order valence-electron chi connectivity index (χ2n) is 6.89. The number of amides is 1. The third-order valence-electron chi connectivity index (χ3n) is 3.80. The highest BCUT2D eigenvalue weighted by Crippen LogP contribution is 2.22. The summed E-state index contributed by atoms with van der Waals surface area (Å²) in [7, 11) is 0. The maximum atomic E-state index is 13.6. The number of carbonyl (C=O) groups excluding carboxylic acids is 1. The van der Waals surface area contributed by atoms with Crippen LogP contribution in [0.5, 0.6) is 0 Å². The average molecular weight is 326 g/mol. The number of benzene rings is 1. The quantitative estimate of drug-likeness (QED) is 0.912. The van der Waals surface area contributed by atoms with Gasteiger partial charge in [-0.05, 0) is 51.7 Å². The van der Waals surface area contributed by atoms with Gasteiger partial charge >= 0.3 is 6.09 Å². The zero-order valence-electron chi connectivity index (χ0n) is 13.9. The summed E-state index contributed by atoms with van der Waals surface area (Å²) in [6.45, 7) is 7.32. The zero-order valence-corrected chi connectivity index (χ0v) is 13.9. The number of likely N-dealkylation sites (tertiary alicyclic amines) is 1. The summed E-state index contributed by atoms with van der Waals surface area (Å²) in [5.41, 5.74) is -0.315. The average Bonchev–Trinajstić information content (AvgIpc) is 2.47. The van der Waals surface area contributed by atoms with Gasteiger partial charge in [0.1, 0.15) is 5.60 Å². The second-order valence-corrected chi connectivity index (χ2v) is 6.89. The predicted molar refractivity (Wildman–Crippen MR) is 85.4 cm³/mol. The van der Waals surface area contributed by atoms with E-state index in [2.05, 4.69) is 5.32 Å². The van der Waals surface area contributed by atoms with Crippen molar-refractivity contribution in [1.82, 2.24) is 4.90 Å². The Bertz CT molecular complexity index is 550. The van der Waals surface area contributed by atoms with Crippen molar-refractivity contribution in [1.29, 1.82) is 0 Å². The summed E-state index contributed by atoms with van der Waals surface area (Å²) in [5, 5.41) is 2.96. The second kappa shape index (κ2) is 7.15. The molecule has 23 heavy (non-hydrogen) atoms. The smallest absolute Gasteiger partial charge is 0.410 e. The molecular weight excluding hydrogens is 302 g/mol. The molecule has 1 N–H and O–H groups in total. The SMILES string of the molecule is CC(C)(C)OC(=O)N1CCC(CNc2cccc(F)c2F)CC1. The maximum absolute atomic E-state index is 13.6. The van der Waals surface area contributed by atoms with Gasteiger partial charge in [0.15, 0.2) is 11.6 Å². The molecule has 1 aromatic rings. The van der Waals surface area contributed by atoms with Gasteiger partial charge in [0.05, 0.1) is 5.69 Å². The number of piperidine rings is 1. The fraction of sp³-hybridized carbons (Fsp3) is 0.588. The van der Waals surface area contributed by atoms with Crippen LogP contribution in [0, 0.1) is 17.6 Å². The van der Waals surface area contributed by atoms with Gasteiger partial charge in [0.2, 0.25) is 0 Å². The number of nitrogens with one attached hydrogen (secondary N) is 1. The van der Waals surface area contributed by atoms with Crippen molar-refractivity contribution < 1.29 is 18.3 Å². The molecule has 1 aliphatic rings. The first kappa shape index (κ1) is 17.5. The zero-order chi connectivity index (χ0) is 17.0. The Labute approximate surface area is 135 Å². The molecule has 0 spiro atoms. The molecule has 0 radical (unpaired) electrons. The molecule has 2 rings (SSSR count). The molecule has 1 heterocycles. The van der Waals surface area contributed by atoms with Crippen molar-refractivity contribution in [2.24, 2.45) is 5.92 Å². The molecule has 4 nitrogen and oxygen atoms in total. The minimum absolute atomic E-state index is 0.180. The van der Waals surface area contributed by atoms with Crippen molar-refractivity contribution >= 4 is 11.8 Å². The molecule has 0 bridgehead atoms. The van der Waals surface area contributed by atoms with Crippen LogP contribution in [-0.2, 0) is 4.74 Å². The molecule has 1 saturated heterocycles. The fourth-order valence-electron chi connectivity index (χ4n) is 2.54. The van der Waals surface area contributed by atoms with Crippen molar-refractivity contribution in [2.75, 3.05) is 25.0 Å². The molecule has 128 valence electrons. The van der Waals surface area contributed by atoms with Gasteiger partial charge in [0, 0.05) is 19.6 Å². The lowest BCUT2D eigenvalue weighted by atomic mass is 9.97. The van der Waals surface area contributed by atoms with E-state index in [4.69, 9.17) is 4.74 Å². The van der Waals surface area contributed by atoms with Crippen LogP contribution in [0.2, 0.25) is 0 Å². The van der Waals surface area contributed by atoms with Gasteiger partial charge in [0.25, 0.3) is 0 Å².